The maximum Gasteiger partial charge on any atom is 0.282 e. The van der Waals surface area contributed by atoms with E-state index >= 15 is 0 Å². The largest absolute Gasteiger partial charge is 0.477 e. The number of ether oxygens (including phenoxy) is 2. The molecule has 0 saturated heterocycles. The van der Waals surface area contributed by atoms with E-state index in [0.717, 1.165) is 24.3 Å². The van der Waals surface area contributed by atoms with Crippen LogP contribution in [0.5, 0.6) is 5.88 Å². The number of hydrogen-bond donors (Lipinski definition) is 0. The Morgan fingerprint density at radius 1 is 1.29 bits per heavy atom. The van der Waals surface area contributed by atoms with Crippen LogP contribution in [0.3, 0.4) is 0 Å². The Labute approximate surface area is 189 Å². The lowest BCUT2D eigenvalue weighted by Gasteiger charge is -2.17. The fourth-order valence-electron chi connectivity index (χ4n) is 3.71. The fourth-order valence-corrected chi connectivity index (χ4v) is 5.19. The highest BCUT2D eigenvalue weighted by atomic mass is 79.9. The number of rotatable bonds is 7. The average Bonchev–Trinajstić information content (AvgIpc) is 3.09. The van der Waals surface area contributed by atoms with Crippen molar-refractivity contribution < 1.29 is 18.3 Å². The molecule has 0 amide bonds. The molecular weight excluding hydrogens is 486 g/mol. The number of halogens is 3. The number of aromatic nitrogens is 4. The van der Waals surface area contributed by atoms with E-state index in [1.165, 1.54) is 0 Å². The molecule has 4 heterocycles. The summed E-state index contributed by atoms with van der Waals surface area (Å²) in [6.07, 6.45) is 0.665. The second kappa shape index (κ2) is 8.99. The lowest BCUT2D eigenvalue weighted by molar-refractivity contribution is 0.0907. The summed E-state index contributed by atoms with van der Waals surface area (Å²) in [6, 6.07) is 4.76. The van der Waals surface area contributed by atoms with Crippen LogP contribution in [0.2, 0.25) is 25.7 Å². The molecule has 10 heteroatoms. The lowest BCUT2D eigenvalue weighted by Crippen LogP contribution is -2.22. The van der Waals surface area contributed by atoms with Gasteiger partial charge in [0.1, 0.15) is 18.1 Å². The Kier molecular flexibility index (Phi) is 6.50. The van der Waals surface area contributed by atoms with Crippen LogP contribution in [-0.4, -0.2) is 40.6 Å². The van der Waals surface area contributed by atoms with Gasteiger partial charge in [-0.25, -0.2) is 18.4 Å². The van der Waals surface area contributed by atoms with Gasteiger partial charge in [-0.1, -0.05) is 19.6 Å². The minimum Gasteiger partial charge on any atom is -0.477 e. The molecule has 0 bridgehead atoms. The molecule has 0 spiro atoms. The third kappa shape index (κ3) is 4.56. The van der Waals surface area contributed by atoms with Crippen molar-refractivity contribution in [2.45, 2.75) is 58.2 Å². The van der Waals surface area contributed by atoms with Crippen LogP contribution in [0.4, 0.5) is 8.78 Å². The smallest absolute Gasteiger partial charge is 0.282 e. The van der Waals surface area contributed by atoms with E-state index in [9.17, 15) is 8.78 Å². The first-order valence-corrected chi connectivity index (χ1v) is 15.0. The zero-order valence-electron chi connectivity index (χ0n) is 18.0. The first-order valence-electron chi connectivity index (χ1n) is 10.5. The van der Waals surface area contributed by atoms with Gasteiger partial charge in [-0.15, -0.1) is 0 Å². The topological polar surface area (TPSA) is 54.1 Å². The van der Waals surface area contributed by atoms with Crippen LogP contribution < -0.4 is 4.74 Å². The second-order valence-corrected chi connectivity index (χ2v) is 15.4. The molecule has 0 aliphatic carbocycles. The summed E-state index contributed by atoms with van der Waals surface area (Å²) in [6.45, 7) is 8.73. The van der Waals surface area contributed by atoms with Crippen LogP contribution in [0.25, 0.3) is 22.3 Å². The predicted molar refractivity (Wildman–Crippen MR) is 122 cm³/mol. The summed E-state index contributed by atoms with van der Waals surface area (Å²) in [5, 5.41) is 5.05. The van der Waals surface area contributed by atoms with Crippen LogP contribution in [0.15, 0.2) is 22.8 Å². The Morgan fingerprint density at radius 2 is 2.10 bits per heavy atom. The van der Waals surface area contributed by atoms with Gasteiger partial charge in [-0.2, -0.15) is 5.10 Å². The summed E-state index contributed by atoms with van der Waals surface area (Å²) < 4.78 is 44.1. The number of alkyl halides is 2. The molecule has 3 aromatic heterocycles. The lowest BCUT2D eigenvalue weighted by atomic mass is 10.1. The van der Waals surface area contributed by atoms with Crippen molar-refractivity contribution in [2.24, 2.45) is 0 Å². The van der Waals surface area contributed by atoms with Crippen LogP contribution in [0, 0.1) is 0 Å². The number of fused-ring (bicyclic) bond motifs is 2. The molecule has 1 aliphatic rings. The third-order valence-corrected chi connectivity index (χ3v) is 7.86. The van der Waals surface area contributed by atoms with E-state index in [2.05, 4.69) is 45.7 Å². The van der Waals surface area contributed by atoms with Crippen molar-refractivity contribution >= 4 is 35.0 Å². The molecule has 0 saturated carbocycles. The Bertz CT molecular complexity index is 1080. The maximum atomic E-state index is 14.1. The highest BCUT2D eigenvalue weighted by molar-refractivity contribution is 9.10. The molecule has 0 radical (unpaired) electrons. The summed E-state index contributed by atoms with van der Waals surface area (Å²) in [4.78, 5) is 4.51. The summed E-state index contributed by atoms with van der Waals surface area (Å²) >= 11 is 3.65. The van der Waals surface area contributed by atoms with E-state index in [1.54, 1.807) is 10.9 Å². The van der Waals surface area contributed by atoms with E-state index in [1.807, 2.05) is 16.7 Å². The first-order chi connectivity index (χ1) is 14.8. The summed E-state index contributed by atoms with van der Waals surface area (Å²) in [5.41, 5.74) is 1.28. The van der Waals surface area contributed by atoms with Crippen molar-refractivity contribution in [3.05, 3.63) is 28.5 Å². The fraction of sp³-hybridized carbons (Fsp3) is 0.524. The predicted octanol–water partition coefficient (Wildman–Crippen LogP) is 6.08. The van der Waals surface area contributed by atoms with Gasteiger partial charge in [0.05, 0.1) is 22.3 Å². The Morgan fingerprint density at radius 3 is 2.84 bits per heavy atom. The summed E-state index contributed by atoms with van der Waals surface area (Å²) in [5.74, 6) is 0.389. The molecule has 0 N–H and O–H groups in total. The molecule has 168 valence electrons. The van der Waals surface area contributed by atoms with Crippen molar-refractivity contribution in [2.75, 3.05) is 13.2 Å². The molecule has 0 aromatic carbocycles. The van der Waals surface area contributed by atoms with Gasteiger partial charge in [0.25, 0.3) is 6.43 Å². The van der Waals surface area contributed by atoms with Crippen molar-refractivity contribution in [1.82, 2.24) is 19.3 Å². The van der Waals surface area contributed by atoms with Gasteiger partial charge in [-0.3, -0.25) is 4.57 Å². The molecule has 1 aliphatic heterocycles. The van der Waals surface area contributed by atoms with E-state index in [-0.39, 0.29) is 12.4 Å². The van der Waals surface area contributed by atoms with Gasteiger partial charge >= 0.3 is 0 Å². The Balaban J connectivity index is 1.84. The maximum absolute atomic E-state index is 14.1. The van der Waals surface area contributed by atoms with Gasteiger partial charge < -0.3 is 9.47 Å². The van der Waals surface area contributed by atoms with Crippen molar-refractivity contribution in [3.63, 3.8) is 0 Å². The first kappa shape index (κ1) is 22.4. The molecule has 4 rings (SSSR count). The molecule has 31 heavy (non-hydrogen) atoms. The van der Waals surface area contributed by atoms with Gasteiger partial charge in [0.2, 0.25) is 5.88 Å². The number of hydrogen-bond acceptors (Lipinski definition) is 4. The summed E-state index contributed by atoms with van der Waals surface area (Å²) in [7, 11) is -1.25. The Hall–Kier alpha value is -1.78. The average molecular weight is 513 g/mol. The standard InChI is InChI=1S/C21H27BrF2N4O2Si/c1-31(2,3)12-11-29-13-27-18(16(22)14-7-6-8-25-20(14)27)15-17(19(23)24)26-28-9-4-5-10-30-21(15)28/h6-8,19H,4-5,9-13H2,1-3H3. The molecule has 3 aromatic rings. The third-order valence-electron chi connectivity index (χ3n) is 5.35. The minimum atomic E-state index is -2.72. The van der Waals surface area contributed by atoms with Gasteiger partial charge in [0.15, 0.2) is 0 Å². The SMILES string of the molecule is C[Si](C)(C)CCOCn1c(-c2c(C(F)F)nn3c2OCCCC3)c(Br)c2cccnc21. The van der Waals surface area contributed by atoms with Crippen molar-refractivity contribution in [1.29, 1.82) is 0 Å². The molecule has 6 nitrogen and oxygen atoms in total. The normalized spacial score (nSPS) is 14.7. The van der Waals surface area contributed by atoms with E-state index in [4.69, 9.17) is 9.47 Å². The molecule has 0 atom stereocenters. The van der Waals surface area contributed by atoms with Crippen molar-refractivity contribution in [3.8, 4) is 17.1 Å². The van der Waals surface area contributed by atoms with E-state index < -0.39 is 14.5 Å². The number of pyridine rings is 1. The van der Waals surface area contributed by atoms with Gasteiger partial charge in [0, 0.05) is 32.8 Å². The van der Waals surface area contributed by atoms with Gasteiger partial charge in [-0.05, 0) is 46.9 Å². The van der Waals surface area contributed by atoms with Crippen LogP contribution in [-0.2, 0) is 18.0 Å². The highest BCUT2D eigenvalue weighted by Crippen LogP contribution is 2.45. The zero-order valence-corrected chi connectivity index (χ0v) is 20.6. The molecular formula is C21H27BrF2N4O2Si. The van der Waals surface area contributed by atoms with Crippen LogP contribution >= 0.6 is 15.9 Å². The highest BCUT2D eigenvalue weighted by Gasteiger charge is 2.32. The number of aryl methyl sites for hydroxylation is 1. The number of nitrogens with zero attached hydrogens (tertiary/aromatic N) is 4. The van der Waals surface area contributed by atoms with Crippen LogP contribution in [0.1, 0.15) is 25.0 Å². The second-order valence-electron chi connectivity index (χ2n) is 8.96. The quantitative estimate of drug-likeness (QED) is 0.284. The minimum absolute atomic E-state index is 0.215. The molecule has 0 unspecified atom stereocenters. The monoisotopic (exact) mass is 512 g/mol. The molecule has 0 fully saturated rings. The van der Waals surface area contributed by atoms with E-state index in [0.29, 0.717) is 47.0 Å². The zero-order chi connectivity index (χ0) is 22.2.